The molecular weight excluding hydrogens is 395 g/mol. The van der Waals surface area contributed by atoms with E-state index in [0.717, 1.165) is 0 Å². The molecule has 0 spiro atoms. The monoisotopic (exact) mass is 418 g/mol. The zero-order valence-corrected chi connectivity index (χ0v) is 16.4. The Balaban J connectivity index is 1.62. The zero-order valence-electron chi connectivity index (χ0n) is 16.4. The largest absolute Gasteiger partial charge is 0.490 e. The molecule has 0 heterocycles. The maximum atomic E-state index is 12.8. The lowest BCUT2D eigenvalue weighted by Gasteiger charge is -2.12. The summed E-state index contributed by atoms with van der Waals surface area (Å²) in [4.78, 5) is 35.2. The van der Waals surface area contributed by atoms with Crippen molar-refractivity contribution in [3.8, 4) is 11.5 Å². The molecule has 0 atom stereocenters. The Morgan fingerprint density at radius 3 is 2.17 bits per heavy atom. The summed E-state index contributed by atoms with van der Waals surface area (Å²) >= 11 is 0. The van der Waals surface area contributed by atoms with Gasteiger partial charge in [0.1, 0.15) is 12.4 Å². The third-order valence-electron chi connectivity index (χ3n) is 3.62. The molecule has 160 valence electrons. The number of urea groups is 1. The number of para-hydroxylation sites is 2. The number of carbonyl (C=O) groups excluding carboxylic acids is 3. The molecule has 0 saturated heterocycles. The van der Waals surface area contributed by atoms with Crippen LogP contribution in [0.15, 0.2) is 48.5 Å². The third-order valence-corrected chi connectivity index (χ3v) is 3.62. The van der Waals surface area contributed by atoms with E-state index in [9.17, 15) is 18.8 Å². The van der Waals surface area contributed by atoms with Crippen molar-refractivity contribution in [1.29, 1.82) is 0 Å². The van der Waals surface area contributed by atoms with Gasteiger partial charge in [-0.1, -0.05) is 24.3 Å². The number of benzene rings is 2. The highest BCUT2D eigenvalue weighted by atomic mass is 19.1. The highest BCUT2D eigenvalue weighted by molar-refractivity contribution is 5.86. The normalized spacial score (nSPS) is 9.93. The summed E-state index contributed by atoms with van der Waals surface area (Å²) in [5, 5.41) is 4.85. The van der Waals surface area contributed by atoms with Gasteiger partial charge in [0.15, 0.2) is 18.1 Å². The number of halogens is 1. The molecule has 30 heavy (non-hydrogen) atoms. The second-order valence-corrected chi connectivity index (χ2v) is 5.93. The Kier molecular flexibility index (Phi) is 8.91. The first kappa shape index (κ1) is 22.5. The summed E-state index contributed by atoms with van der Waals surface area (Å²) in [6.45, 7) is 1.76. The minimum Gasteiger partial charge on any atom is -0.490 e. The first-order chi connectivity index (χ1) is 14.5. The minimum atomic E-state index is -0.630. The predicted molar refractivity (Wildman–Crippen MR) is 106 cm³/mol. The standard InChI is InChI=1S/C20H23FN4O5/c1-2-29-16-5-3-4-6-17(16)30-13-19(27)25-24-18(26)12-23-20(28)22-11-14-7-9-15(21)10-8-14/h3-10H,2,11-13H2,1H3,(H,24,26)(H,25,27)(H2,22,23,28). The van der Waals surface area contributed by atoms with E-state index in [1.807, 2.05) is 6.92 Å². The Bertz CT molecular complexity index is 861. The molecule has 0 aliphatic heterocycles. The third kappa shape index (κ3) is 8.05. The van der Waals surface area contributed by atoms with E-state index in [1.165, 1.54) is 24.3 Å². The molecule has 10 heteroatoms. The van der Waals surface area contributed by atoms with Crippen LogP contribution in [0.4, 0.5) is 9.18 Å². The van der Waals surface area contributed by atoms with E-state index in [0.29, 0.717) is 23.7 Å². The first-order valence-electron chi connectivity index (χ1n) is 9.16. The molecule has 9 nitrogen and oxygen atoms in total. The smallest absolute Gasteiger partial charge is 0.315 e. The molecule has 4 N–H and O–H groups in total. The number of ether oxygens (including phenoxy) is 2. The molecule has 0 radical (unpaired) electrons. The van der Waals surface area contributed by atoms with Gasteiger partial charge in [0, 0.05) is 6.54 Å². The highest BCUT2D eigenvalue weighted by Crippen LogP contribution is 2.26. The van der Waals surface area contributed by atoms with Crippen LogP contribution < -0.4 is 31.0 Å². The van der Waals surface area contributed by atoms with Crippen LogP contribution in [0.5, 0.6) is 11.5 Å². The number of rotatable bonds is 9. The van der Waals surface area contributed by atoms with Crippen LogP contribution in [0.3, 0.4) is 0 Å². The predicted octanol–water partition coefficient (Wildman–Crippen LogP) is 1.25. The van der Waals surface area contributed by atoms with Crippen molar-refractivity contribution in [1.82, 2.24) is 21.5 Å². The molecular formula is C20H23FN4O5. The van der Waals surface area contributed by atoms with Crippen molar-refractivity contribution < 1.29 is 28.2 Å². The molecule has 0 unspecified atom stereocenters. The molecule has 0 bridgehead atoms. The zero-order chi connectivity index (χ0) is 21.8. The van der Waals surface area contributed by atoms with Crippen molar-refractivity contribution in [3.63, 3.8) is 0 Å². The molecule has 0 saturated carbocycles. The highest BCUT2D eigenvalue weighted by Gasteiger charge is 2.09. The number of hydrazine groups is 1. The van der Waals surface area contributed by atoms with Gasteiger partial charge in [-0.05, 0) is 36.8 Å². The fraction of sp³-hybridized carbons (Fsp3) is 0.250. The van der Waals surface area contributed by atoms with Crippen LogP contribution in [0, 0.1) is 5.82 Å². The fourth-order valence-corrected chi connectivity index (χ4v) is 2.21. The van der Waals surface area contributed by atoms with Gasteiger partial charge in [-0.15, -0.1) is 0 Å². The van der Waals surface area contributed by atoms with Gasteiger partial charge >= 0.3 is 6.03 Å². The van der Waals surface area contributed by atoms with E-state index >= 15 is 0 Å². The second kappa shape index (κ2) is 11.9. The maximum Gasteiger partial charge on any atom is 0.315 e. The first-order valence-corrected chi connectivity index (χ1v) is 9.16. The van der Waals surface area contributed by atoms with Crippen LogP contribution in [-0.4, -0.2) is 37.6 Å². The molecule has 0 aliphatic rings. The fourth-order valence-electron chi connectivity index (χ4n) is 2.21. The van der Waals surface area contributed by atoms with Crippen molar-refractivity contribution in [2.24, 2.45) is 0 Å². The van der Waals surface area contributed by atoms with Crippen molar-refractivity contribution in [2.75, 3.05) is 19.8 Å². The van der Waals surface area contributed by atoms with Crippen molar-refractivity contribution in [2.45, 2.75) is 13.5 Å². The number of amides is 4. The van der Waals surface area contributed by atoms with Gasteiger partial charge in [0.2, 0.25) is 0 Å². The maximum absolute atomic E-state index is 12.8. The van der Waals surface area contributed by atoms with Gasteiger partial charge in [0.25, 0.3) is 11.8 Å². The lowest BCUT2D eigenvalue weighted by atomic mass is 10.2. The minimum absolute atomic E-state index is 0.172. The summed E-state index contributed by atoms with van der Waals surface area (Å²) in [6.07, 6.45) is 0. The molecule has 2 aromatic rings. The quantitative estimate of drug-likeness (QED) is 0.457. The molecule has 0 aliphatic carbocycles. The molecule has 0 aromatic heterocycles. The molecule has 4 amide bonds. The van der Waals surface area contributed by atoms with Crippen LogP contribution in [0.2, 0.25) is 0 Å². The lowest BCUT2D eigenvalue weighted by Crippen LogP contribution is -2.49. The Labute approximate surface area is 172 Å². The topological polar surface area (TPSA) is 118 Å². The van der Waals surface area contributed by atoms with Crippen LogP contribution >= 0.6 is 0 Å². The van der Waals surface area contributed by atoms with Crippen LogP contribution in [0.1, 0.15) is 12.5 Å². The number of hydrogen-bond acceptors (Lipinski definition) is 5. The van der Waals surface area contributed by atoms with Gasteiger partial charge in [0.05, 0.1) is 6.61 Å². The summed E-state index contributed by atoms with van der Waals surface area (Å²) in [5.74, 6) is -0.677. The number of hydrogen-bond donors (Lipinski definition) is 4. The van der Waals surface area contributed by atoms with Gasteiger partial charge in [-0.3, -0.25) is 20.4 Å². The van der Waals surface area contributed by atoms with E-state index in [-0.39, 0.29) is 25.5 Å². The van der Waals surface area contributed by atoms with E-state index < -0.39 is 17.8 Å². The second-order valence-electron chi connectivity index (χ2n) is 5.93. The van der Waals surface area contributed by atoms with Gasteiger partial charge < -0.3 is 20.1 Å². The number of carbonyl (C=O) groups is 3. The lowest BCUT2D eigenvalue weighted by molar-refractivity contribution is -0.129. The van der Waals surface area contributed by atoms with Gasteiger partial charge in [-0.2, -0.15) is 0 Å². The summed E-state index contributed by atoms with van der Waals surface area (Å²) in [7, 11) is 0. The number of nitrogens with one attached hydrogen (secondary N) is 4. The Morgan fingerprint density at radius 2 is 1.50 bits per heavy atom. The van der Waals surface area contributed by atoms with E-state index in [4.69, 9.17) is 9.47 Å². The van der Waals surface area contributed by atoms with Crippen molar-refractivity contribution >= 4 is 17.8 Å². The van der Waals surface area contributed by atoms with Crippen LogP contribution in [-0.2, 0) is 16.1 Å². The molecule has 2 aromatic carbocycles. The van der Waals surface area contributed by atoms with Gasteiger partial charge in [-0.25, -0.2) is 9.18 Å². The summed E-state index contributed by atoms with van der Waals surface area (Å²) in [5.41, 5.74) is 5.04. The molecule has 0 fully saturated rings. The van der Waals surface area contributed by atoms with Crippen LogP contribution in [0.25, 0.3) is 0 Å². The van der Waals surface area contributed by atoms with Crippen molar-refractivity contribution in [3.05, 3.63) is 59.9 Å². The molecule has 2 rings (SSSR count). The SMILES string of the molecule is CCOc1ccccc1OCC(=O)NNC(=O)CNC(=O)NCc1ccc(F)cc1. The Morgan fingerprint density at radius 1 is 0.867 bits per heavy atom. The Hall–Kier alpha value is -3.82. The summed E-state index contributed by atoms with van der Waals surface area (Å²) < 4.78 is 23.6. The average Bonchev–Trinajstić information content (AvgIpc) is 2.75. The van der Waals surface area contributed by atoms with E-state index in [2.05, 4.69) is 21.5 Å². The summed E-state index contributed by atoms with van der Waals surface area (Å²) in [6, 6.07) is 11.9. The average molecular weight is 418 g/mol. The van der Waals surface area contributed by atoms with E-state index in [1.54, 1.807) is 24.3 Å².